The first-order chi connectivity index (χ1) is 13.5. The van der Waals surface area contributed by atoms with Crippen molar-refractivity contribution >= 4 is 11.9 Å². The van der Waals surface area contributed by atoms with Crippen LogP contribution in [0.1, 0.15) is 71.9 Å². The van der Waals surface area contributed by atoms with Crippen LogP contribution in [0.25, 0.3) is 11.1 Å². The molecule has 0 bridgehead atoms. The Balaban J connectivity index is 2.66. The van der Waals surface area contributed by atoms with Crippen LogP contribution in [0.4, 0.5) is 0 Å². The van der Waals surface area contributed by atoms with Gasteiger partial charge in [-0.1, -0.05) is 43.5 Å². The first-order valence-electron chi connectivity index (χ1n) is 10.00. The molecule has 0 saturated carbocycles. The van der Waals surface area contributed by atoms with E-state index in [1.165, 1.54) is 0 Å². The van der Waals surface area contributed by atoms with Crippen LogP contribution in [-0.2, 0) is 9.47 Å². The van der Waals surface area contributed by atoms with E-state index in [-0.39, 0.29) is 12.4 Å². The lowest BCUT2D eigenvalue weighted by Gasteiger charge is -2.09. The van der Waals surface area contributed by atoms with Crippen LogP contribution in [0.5, 0.6) is 5.75 Å². The summed E-state index contributed by atoms with van der Waals surface area (Å²) in [6.07, 6.45) is 2.85. The summed E-state index contributed by atoms with van der Waals surface area (Å²) in [6.45, 7) is 10.5. The van der Waals surface area contributed by atoms with Gasteiger partial charge in [0.25, 0.3) is 0 Å². The Morgan fingerprint density at radius 3 is 2.25 bits per heavy atom. The predicted molar refractivity (Wildman–Crippen MR) is 109 cm³/mol. The maximum atomic E-state index is 13.0. The van der Waals surface area contributed by atoms with E-state index in [1.807, 2.05) is 39.0 Å². The van der Waals surface area contributed by atoms with Gasteiger partial charge in [0.1, 0.15) is 16.9 Å². The molecule has 0 amide bonds. The Morgan fingerprint density at radius 1 is 0.893 bits per heavy atom. The lowest BCUT2D eigenvalue weighted by Crippen LogP contribution is -2.10. The average Bonchev–Trinajstić information content (AvgIpc) is 2.90. The van der Waals surface area contributed by atoms with Gasteiger partial charge >= 0.3 is 11.9 Å². The molecular formula is C23H30O5. The van der Waals surface area contributed by atoms with Crippen molar-refractivity contribution < 1.29 is 23.8 Å². The fraction of sp³-hybridized carbons (Fsp3) is 0.478. The number of hydrogen-bond acceptors (Lipinski definition) is 5. The molecule has 0 aromatic carbocycles. The van der Waals surface area contributed by atoms with Gasteiger partial charge in [-0.05, 0) is 39.7 Å². The quantitative estimate of drug-likeness (QED) is 0.430. The van der Waals surface area contributed by atoms with Crippen molar-refractivity contribution in [2.45, 2.75) is 53.9 Å². The van der Waals surface area contributed by atoms with E-state index in [0.29, 0.717) is 35.5 Å². The van der Waals surface area contributed by atoms with E-state index in [4.69, 9.17) is 14.2 Å². The van der Waals surface area contributed by atoms with E-state index in [0.717, 1.165) is 30.4 Å². The third-order valence-corrected chi connectivity index (χ3v) is 4.55. The van der Waals surface area contributed by atoms with Gasteiger partial charge in [0.05, 0.1) is 19.8 Å². The van der Waals surface area contributed by atoms with Crippen molar-refractivity contribution in [3.63, 3.8) is 0 Å². The highest BCUT2D eigenvalue weighted by molar-refractivity contribution is 6.13. The van der Waals surface area contributed by atoms with Crippen molar-refractivity contribution in [1.29, 1.82) is 0 Å². The maximum absolute atomic E-state index is 13.0. The molecule has 0 heterocycles. The van der Waals surface area contributed by atoms with Crippen LogP contribution in [-0.4, -0.2) is 31.8 Å². The van der Waals surface area contributed by atoms with Crippen LogP contribution in [0.15, 0.2) is 18.2 Å². The van der Waals surface area contributed by atoms with Crippen LogP contribution < -0.4 is 4.74 Å². The van der Waals surface area contributed by atoms with Gasteiger partial charge in [0, 0.05) is 11.1 Å². The van der Waals surface area contributed by atoms with Crippen molar-refractivity contribution in [2.75, 3.05) is 19.8 Å². The van der Waals surface area contributed by atoms with Crippen molar-refractivity contribution in [1.82, 2.24) is 0 Å². The molecule has 0 aromatic heterocycles. The highest BCUT2D eigenvalue weighted by Crippen LogP contribution is 2.44. The van der Waals surface area contributed by atoms with Gasteiger partial charge in [-0.15, -0.1) is 0 Å². The molecule has 0 radical (unpaired) electrons. The summed E-state index contributed by atoms with van der Waals surface area (Å²) in [5.74, 6) is -0.709. The molecule has 2 rings (SSSR count). The lowest BCUT2D eigenvalue weighted by molar-refractivity contribution is 0.0495. The molecule has 0 aromatic rings. The molecule has 0 aliphatic heterocycles. The predicted octanol–water partition coefficient (Wildman–Crippen LogP) is 5.33. The molecule has 2 aliphatic carbocycles. The van der Waals surface area contributed by atoms with Crippen molar-refractivity contribution in [2.24, 2.45) is 0 Å². The summed E-state index contributed by atoms with van der Waals surface area (Å²) in [7, 11) is 0. The highest BCUT2D eigenvalue weighted by atomic mass is 16.5. The molecule has 28 heavy (non-hydrogen) atoms. The van der Waals surface area contributed by atoms with Crippen LogP contribution >= 0.6 is 0 Å². The summed E-state index contributed by atoms with van der Waals surface area (Å²) < 4.78 is 16.6. The van der Waals surface area contributed by atoms with E-state index in [2.05, 4.69) is 6.92 Å². The molecule has 0 saturated heterocycles. The minimum absolute atomic E-state index is 0.241. The summed E-state index contributed by atoms with van der Waals surface area (Å²) in [4.78, 5) is 25.7. The van der Waals surface area contributed by atoms with E-state index < -0.39 is 11.9 Å². The molecule has 5 nitrogen and oxygen atoms in total. The van der Waals surface area contributed by atoms with Crippen LogP contribution in [0, 0.1) is 13.8 Å². The standard InChI is InChI=1S/C23H30O5/c1-6-9-10-13-28-22(24)19-17-12-11-15(4)14-16(5)18(17)20(21(19)26-7-2)23(25)27-8-3/h11-12,14H,6-10,13H2,1-5H3. The molecule has 2 aliphatic rings. The number of hydrogen-bond donors (Lipinski definition) is 0. The number of rotatable bonds is 9. The number of carbonyl (C=O) groups excluding carboxylic acids is 2. The second-order valence-electron chi connectivity index (χ2n) is 6.77. The minimum atomic E-state index is -0.493. The summed E-state index contributed by atoms with van der Waals surface area (Å²) in [5.41, 5.74) is 3.84. The smallest absolute Gasteiger partial charge is 0.342 e. The van der Waals surface area contributed by atoms with Crippen LogP contribution in [0.3, 0.4) is 0 Å². The number of esters is 2. The molecular weight excluding hydrogens is 356 g/mol. The normalized spacial score (nSPS) is 10.8. The largest absolute Gasteiger partial charge is 0.492 e. The van der Waals surface area contributed by atoms with E-state index in [9.17, 15) is 9.59 Å². The monoisotopic (exact) mass is 386 g/mol. The van der Waals surface area contributed by atoms with E-state index >= 15 is 0 Å². The van der Waals surface area contributed by atoms with Gasteiger partial charge in [-0.25, -0.2) is 9.59 Å². The number of aryl methyl sites for hydroxylation is 2. The average molecular weight is 386 g/mol. The second kappa shape index (κ2) is 10.1. The number of carbonyl (C=O) groups is 2. The molecule has 5 heteroatoms. The van der Waals surface area contributed by atoms with Gasteiger partial charge in [-0.2, -0.15) is 0 Å². The zero-order valence-electron chi connectivity index (χ0n) is 17.5. The molecule has 0 N–H and O–H groups in total. The third-order valence-electron chi connectivity index (χ3n) is 4.55. The molecule has 0 spiro atoms. The molecule has 0 atom stereocenters. The van der Waals surface area contributed by atoms with Gasteiger partial charge in [-0.3, -0.25) is 0 Å². The van der Waals surface area contributed by atoms with E-state index in [1.54, 1.807) is 6.92 Å². The Kier molecular flexibility index (Phi) is 7.85. The summed E-state index contributed by atoms with van der Waals surface area (Å²) in [6, 6.07) is 5.76. The van der Waals surface area contributed by atoms with Gasteiger partial charge < -0.3 is 14.2 Å². The Labute approximate surface area is 167 Å². The number of ether oxygens (including phenoxy) is 3. The third kappa shape index (κ3) is 4.64. The fourth-order valence-corrected chi connectivity index (χ4v) is 3.35. The van der Waals surface area contributed by atoms with Crippen molar-refractivity contribution in [3.8, 4) is 16.9 Å². The summed E-state index contributed by atoms with van der Waals surface area (Å²) >= 11 is 0. The van der Waals surface area contributed by atoms with Crippen LogP contribution in [0.2, 0.25) is 0 Å². The Hall–Kier alpha value is -2.56. The first kappa shape index (κ1) is 21.7. The number of unbranched alkanes of at least 4 members (excludes halogenated alkanes) is 2. The maximum Gasteiger partial charge on any atom is 0.342 e. The van der Waals surface area contributed by atoms with Gasteiger partial charge in [0.15, 0.2) is 0 Å². The highest BCUT2D eigenvalue weighted by Gasteiger charge is 2.34. The lowest BCUT2D eigenvalue weighted by atomic mass is 10.0. The fourth-order valence-electron chi connectivity index (χ4n) is 3.35. The summed E-state index contributed by atoms with van der Waals surface area (Å²) in [5, 5.41) is 0. The molecule has 152 valence electrons. The van der Waals surface area contributed by atoms with Crippen molar-refractivity contribution in [3.05, 3.63) is 40.5 Å². The Bertz CT molecular complexity index is 809. The topological polar surface area (TPSA) is 61.8 Å². The zero-order valence-corrected chi connectivity index (χ0v) is 17.5. The Morgan fingerprint density at radius 2 is 1.61 bits per heavy atom. The molecule has 0 fully saturated rings. The SMILES string of the molecule is CCCCCOC(=O)c1c2ccc(C)cc(C)c-2c(C(=O)OCC)c1OCC. The first-order valence-corrected chi connectivity index (χ1v) is 10.00. The molecule has 0 unspecified atom stereocenters. The minimum Gasteiger partial charge on any atom is -0.492 e. The zero-order chi connectivity index (χ0) is 20.7. The number of fused-ring (bicyclic) bond motifs is 1. The van der Waals surface area contributed by atoms with Gasteiger partial charge in [0.2, 0.25) is 0 Å². The second-order valence-corrected chi connectivity index (χ2v) is 6.77.